The first-order valence-corrected chi connectivity index (χ1v) is 4.20. The zero-order chi connectivity index (χ0) is 10.7. The number of carbonyl (C=O) groups is 1. The van der Waals surface area contributed by atoms with Gasteiger partial charge in [-0.15, -0.1) is 0 Å². The van der Waals surface area contributed by atoms with Crippen LogP contribution in [0.25, 0.3) is 0 Å². The highest BCUT2D eigenvalue weighted by atomic mass is 16.5. The number of rotatable bonds is 3. The average Bonchev–Trinajstić information content (AvgIpc) is 2.15. The van der Waals surface area contributed by atoms with E-state index in [4.69, 9.17) is 9.47 Å². The van der Waals surface area contributed by atoms with Gasteiger partial charge in [0, 0.05) is 11.8 Å². The van der Waals surface area contributed by atoms with Crippen molar-refractivity contribution in [2.75, 3.05) is 14.2 Å². The van der Waals surface area contributed by atoms with Crippen LogP contribution in [0, 0.1) is 6.92 Å². The first-order chi connectivity index (χ1) is 6.60. The summed E-state index contributed by atoms with van der Waals surface area (Å²) in [4.78, 5) is 15.4. The van der Waals surface area contributed by atoms with Crippen molar-refractivity contribution in [3.63, 3.8) is 0 Å². The highest BCUT2D eigenvalue weighted by molar-refractivity contribution is 5.99. The molecular formula is C10H13NO3. The third kappa shape index (κ3) is 1.84. The number of methoxy groups -OCH3 is 2. The molecule has 0 amide bonds. The van der Waals surface area contributed by atoms with Crippen molar-refractivity contribution >= 4 is 5.78 Å². The minimum Gasteiger partial charge on any atom is -0.496 e. The second kappa shape index (κ2) is 4.09. The maximum absolute atomic E-state index is 11.3. The SMILES string of the molecule is COc1cc(C)nc(OC)c1C(C)=O. The summed E-state index contributed by atoms with van der Waals surface area (Å²) in [7, 11) is 2.99. The van der Waals surface area contributed by atoms with Crippen molar-refractivity contribution in [3.8, 4) is 11.6 Å². The largest absolute Gasteiger partial charge is 0.496 e. The summed E-state index contributed by atoms with van der Waals surface area (Å²) in [5.74, 6) is 0.697. The number of aromatic nitrogens is 1. The Kier molecular flexibility index (Phi) is 3.06. The molecule has 0 N–H and O–H groups in total. The molecule has 1 aromatic heterocycles. The first-order valence-electron chi connectivity index (χ1n) is 4.20. The van der Waals surface area contributed by atoms with E-state index >= 15 is 0 Å². The smallest absolute Gasteiger partial charge is 0.228 e. The molecule has 0 aliphatic carbocycles. The molecule has 0 aliphatic heterocycles. The molecule has 0 saturated carbocycles. The number of pyridine rings is 1. The van der Waals surface area contributed by atoms with E-state index in [2.05, 4.69) is 4.98 Å². The van der Waals surface area contributed by atoms with Crippen molar-refractivity contribution in [1.29, 1.82) is 0 Å². The van der Waals surface area contributed by atoms with E-state index in [1.807, 2.05) is 6.92 Å². The molecule has 14 heavy (non-hydrogen) atoms. The van der Waals surface area contributed by atoms with E-state index in [1.54, 1.807) is 6.07 Å². The Morgan fingerprint density at radius 3 is 2.43 bits per heavy atom. The number of carbonyl (C=O) groups excluding carboxylic acids is 1. The van der Waals surface area contributed by atoms with E-state index in [0.29, 0.717) is 17.2 Å². The van der Waals surface area contributed by atoms with Crippen LogP contribution >= 0.6 is 0 Å². The van der Waals surface area contributed by atoms with Gasteiger partial charge in [0.05, 0.1) is 14.2 Å². The number of ether oxygens (including phenoxy) is 2. The standard InChI is InChI=1S/C10H13NO3/c1-6-5-8(13-3)9(7(2)12)10(11-6)14-4/h5H,1-4H3. The third-order valence-electron chi connectivity index (χ3n) is 1.84. The summed E-state index contributed by atoms with van der Waals surface area (Å²) in [6.07, 6.45) is 0. The van der Waals surface area contributed by atoms with Crippen LogP contribution in [0.5, 0.6) is 11.6 Å². The maximum atomic E-state index is 11.3. The van der Waals surface area contributed by atoms with Crippen LogP contribution in [-0.2, 0) is 0 Å². The molecule has 0 aromatic carbocycles. The van der Waals surface area contributed by atoms with Crippen LogP contribution in [0.2, 0.25) is 0 Å². The second-order valence-electron chi connectivity index (χ2n) is 2.91. The summed E-state index contributed by atoms with van der Waals surface area (Å²) < 4.78 is 10.1. The van der Waals surface area contributed by atoms with Gasteiger partial charge in [0.2, 0.25) is 5.88 Å². The van der Waals surface area contributed by atoms with E-state index in [1.165, 1.54) is 21.1 Å². The summed E-state index contributed by atoms with van der Waals surface area (Å²) in [6, 6.07) is 1.71. The van der Waals surface area contributed by atoms with Gasteiger partial charge in [-0.1, -0.05) is 0 Å². The highest BCUT2D eigenvalue weighted by Gasteiger charge is 2.16. The van der Waals surface area contributed by atoms with Crippen LogP contribution in [0.4, 0.5) is 0 Å². The second-order valence-corrected chi connectivity index (χ2v) is 2.91. The lowest BCUT2D eigenvalue weighted by Gasteiger charge is -2.10. The third-order valence-corrected chi connectivity index (χ3v) is 1.84. The molecule has 76 valence electrons. The molecule has 0 bridgehead atoms. The maximum Gasteiger partial charge on any atom is 0.228 e. The fourth-order valence-corrected chi connectivity index (χ4v) is 1.25. The topological polar surface area (TPSA) is 48.4 Å². The predicted molar refractivity (Wildman–Crippen MR) is 52.1 cm³/mol. The minimum atomic E-state index is -0.119. The van der Waals surface area contributed by atoms with Gasteiger partial charge in [-0.05, 0) is 13.8 Å². The van der Waals surface area contributed by atoms with E-state index < -0.39 is 0 Å². The molecule has 0 radical (unpaired) electrons. The normalized spacial score (nSPS) is 9.71. The number of nitrogens with zero attached hydrogens (tertiary/aromatic N) is 1. The Bertz CT molecular complexity index is 335. The highest BCUT2D eigenvalue weighted by Crippen LogP contribution is 2.27. The Labute approximate surface area is 82.9 Å². The summed E-state index contributed by atoms with van der Waals surface area (Å²) in [5.41, 5.74) is 1.14. The molecule has 0 spiro atoms. The number of aryl methyl sites for hydroxylation is 1. The lowest BCUT2D eigenvalue weighted by atomic mass is 10.1. The number of Topliss-reactive ketones (excluding diaryl/α,β-unsaturated/α-hetero) is 1. The molecule has 0 atom stereocenters. The van der Waals surface area contributed by atoms with Crippen LogP contribution in [0.15, 0.2) is 6.07 Å². The number of hydrogen-bond acceptors (Lipinski definition) is 4. The van der Waals surface area contributed by atoms with Crippen molar-refractivity contribution in [2.24, 2.45) is 0 Å². The van der Waals surface area contributed by atoms with Gasteiger partial charge >= 0.3 is 0 Å². The van der Waals surface area contributed by atoms with Gasteiger partial charge < -0.3 is 9.47 Å². The molecule has 1 rings (SSSR count). The van der Waals surface area contributed by atoms with E-state index in [-0.39, 0.29) is 5.78 Å². The monoisotopic (exact) mass is 195 g/mol. The molecule has 0 fully saturated rings. The summed E-state index contributed by atoms with van der Waals surface area (Å²) in [5, 5.41) is 0. The predicted octanol–water partition coefficient (Wildman–Crippen LogP) is 1.61. The molecule has 0 saturated heterocycles. The summed E-state index contributed by atoms with van der Waals surface area (Å²) >= 11 is 0. The zero-order valence-corrected chi connectivity index (χ0v) is 8.75. The Morgan fingerprint density at radius 1 is 1.36 bits per heavy atom. The Morgan fingerprint density at radius 2 is 2.00 bits per heavy atom. The van der Waals surface area contributed by atoms with Crippen LogP contribution < -0.4 is 9.47 Å². The lowest BCUT2D eigenvalue weighted by molar-refractivity contribution is 0.101. The molecule has 1 aromatic rings. The van der Waals surface area contributed by atoms with Crippen LogP contribution in [0.3, 0.4) is 0 Å². The zero-order valence-electron chi connectivity index (χ0n) is 8.75. The van der Waals surface area contributed by atoms with Gasteiger partial charge in [0.15, 0.2) is 5.78 Å². The van der Waals surface area contributed by atoms with Crippen molar-refractivity contribution in [3.05, 3.63) is 17.3 Å². The molecule has 0 aliphatic rings. The Hall–Kier alpha value is -1.58. The Balaban J connectivity index is 3.40. The molecular weight excluding hydrogens is 182 g/mol. The van der Waals surface area contributed by atoms with Crippen LogP contribution in [0.1, 0.15) is 23.0 Å². The number of ketones is 1. The summed E-state index contributed by atoms with van der Waals surface area (Å²) in [6.45, 7) is 3.27. The van der Waals surface area contributed by atoms with Gasteiger partial charge in [0.1, 0.15) is 11.3 Å². The molecule has 1 heterocycles. The van der Waals surface area contributed by atoms with E-state index in [0.717, 1.165) is 5.69 Å². The fourth-order valence-electron chi connectivity index (χ4n) is 1.25. The lowest BCUT2D eigenvalue weighted by Crippen LogP contribution is -2.04. The quantitative estimate of drug-likeness (QED) is 0.687. The minimum absolute atomic E-state index is 0.119. The van der Waals surface area contributed by atoms with Crippen molar-refractivity contribution < 1.29 is 14.3 Å². The number of hydrogen-bond donors (Lipinski definition) is 0. The average molecular weight is 195 g/mol. The fraction of sp³-hybridized carbons (Fsp3) is 0.400. The molecule has 4 nitrogen and oxygen atoms in total. The van der Waals surface area contributed by atoms with Gasteiger partial charge in [0.25, 0.3) is 0 Å². The van der Waals surface area contributed by atoms with Gasteiger partial charge in [-0.25, -0.2) is 4.98 Å². The van der Waals surface area contributed by atoms with Gasteiger partial charge in [-0.2, -0.15) is 0 Å². The first kappa shape index (κ1) is 10.5. The van der Waals surface area contributed by atoms with Crippen molar-refractivity contribution in [1.82, 2.24) is 4.98 Å². The van der Waals surface area contributed by atoms with Gasteiger partial charge in [-0.3, -0.25) is 4.79 Å². The van der Waals surface area contributed by atoms with Crippen molar-refractivity contribution in [2.45, 2.75) is 13.8 Å². The molecule has 0 unspecified atom stereocenters. The van der Waals surface area contributed by atoms with E-state index in [9.17, 15) is 4.79 Å². The molecule has 4 heteroatoms. The van der Waals surface area contributed by atoms with Crippen LogP contribution in [-0.4, -0.2) is 25.0 Å².